The Kier molecular flexibility index (Phi) is 9.54. The molecule has 3 saturated heterocycles. The molecular weight excluding hydrogens is 472 g/mol. The highest BCUT2D eigenvalue weighted by atomic mass is 16.8. The summed E-state index contributed by atoms with van der Waals surface area (Å²) in [6.07, 6.45) is -25.7. The quantitative estimate of drug-likeness (QED) is 0.154. The van der Waals surface area contributed by atoms with Gasteiger partial charge in [-0.15, -0.1) is 0 Å². The molecule has 0 bridgehead atoms. The van der Waals surface area contributed by atoms with Gasteiger partial charge in [-0.3, -0.25) is 0 Å². The van der Waals surface area contributed by atoms with Crippen LogP contribution in [0, 0.1) is 0 Å². The number of hydrogen-bond donors (Lipinski definition) is 11. The molecule has 34 heavy (non-hydrogen) atoms. The number of hydrogen-bond acceptors (Lipinski definition) is 16. The predicted octanol–water partition coefficient (Wildman–Crippen LogP) is -7.57. The maximum atomic E-state index is 10.6. The summed E-state index contributed by atoms with van der Waals surface area (Å²) < 4.78 is 26.5. The molecular formula is C18H32O16. The highest BCUT2D eigenvalue weighted by Gasteiger charge is 2.53. The summed E-state index contributed by atoms with van der Waals surface area (Å²) in [6, 6.07) is 0. The molecule has 15 atom stereocenters. The second-order valence-corrected chi connectivity index (χ2v) is 8.33. The average molecular weight is 504 g/mol. The van der Waals surface area contributed by atoms with E-state index in [2.05, 4.69) is 0 Å². The van der Waals surface area contributed by atoms with Crippen molar-refractivity contribution in [3.8, 4) is 0 Å². The molecule has 0 aromatic heterocycles. The molecule has 11 N–H and O–H groups in total. The molecule has 16 heteroatoms. The molecule has 0 saturated carbocycles. The molecule has 200 valence electrons. The van der Waals surface area contributed by atoms with E-state index in [0.29, 0.717) is 0 Å². The third-order valence-corrected chi connectivity index (χ3v) is 6.10. The molecule has 0 spiro atoms. The zero-order chi connectivity index (χ0) is 25.3. The van der Waals surface area contributed by atoms with Crippen LogP contribution in [0.3, 0.4) is 0 Å². The molecule has 3 fully saturated rings. The van der Waals surface area contributed by atoms with Gasteiger partial charge in [0.05, 0.1) is 19.8 Å². The largest absolute Gasteiger partial charge is 0.394 e. The summed E-state index contributed by atoms with van der Waals surface area (Å²) in [7, 11) is 0. The van der Waals surface area contributed by atoms with Crippen molar-refractivity contribution >= 4 is 0 Å². The van der Waals surface area contributed by atoms with Crippen LogP contribution in [0.25, 0.3) is 0 Å². The summed E-state index contributed by atoms with van der Waals surface area (Å²) >= 11 is 0. The van der Waals surface area contributed by atoms with Crippen LogP contribution < -0.4 is 0 Å². The summed E-state index contributed by atoms with van der Waals surface area (Å²) in [5.74, 6) is 0. The van der Waals surface area contributed by atoms with E-state index >= 15 is 0 Å². The van der Waals surface area contributed by atoms with Crippen LogP contribution >= 0.6 is 0 Å². The van der Waals surface area contributed by atoms with Crippen LogP contribution in [0.4, 0.5) is 0 Å². The second kappa shape index (κ2) is 11.6. The van der Waals surface area contributed by atoms with Gasteiger partial charge in [0.1, 0.15) is 73.2 Å². The van der Waals surface area contributed by atoms with E-state index in [-0.39, 0.29) is 0 Å². The standard InChI is InChI=1S/C18H32O16/c19-1-4-8(23)11(26)14(16(29)30-4)33-18-15(12(27)9(24)6(3-21)32-18)34-17-13(28)10(25)7(22)5(2-20)31-17/h4-29H,1-3H2/t4-,5-,6-,7-,8-,9-,10+,11+,12+,13+,14+,15+,16+,17-,18-/m0/s1. The van der Waals surface area contributed by atoms with Gasteiger partial charge in [-0.05, 0) is 0 Å². The van der Waals surface area contributed by atoms with Crippen molar-refractivity contribution in [3.63, 3.8) is 0 Å². The lowest BCUT2D eigenvalue weighted by Gasteiger charge is -2.48. The highest BCUT2D eigenvalue weighted by Crippen LogP contribution is 2.32. The molecule has 3 aliphatic rings. The van der Waals surface area contributed by atoms with Crippen LogP contribution in [0.15, 0.2) is 0 Å². The third kappa shape index (κ3) is 5.37. The fourth-order valence-corrected chi connectivity index (χ4v) is 4.02. The van der Waals surface area contributed by atoms with Crippen LogP contribution in [-0.4, -0.2) is 168 Å². The Bertz CT molecular complexity index is 639. The second-order valence-electron chi connectivity index (χ2n) is 8.33. The molecule has 3 rings (SSSR count). The molecule has 0 unspecified atom stereocenters. The number of ether oxygens (including phenoxy) is 5. The van der Waals surface area contributed by atoms with Gasteiger partial charge >= 0.3 is 0 Å². The molecule has 3 aliphatic heterocycles. The maximum absolute atomic E-state index is 10.6. The molecule has 0 aromatic carbocycles. The molecule has 0 aromatic rings. The maximum Gasteiger partial charge on any atom is 0.187 e. The molecule has 0 radical (unpaired) electrons. The zero-order valence-corrected chi connectivity index (χ0v) is 17.7. The average Bonchev–Trinajstić information content (AvgIpc) is 2.83. The van der Waals surface area contributed by atoms with Crippen LogP contribution in [0.1, 0.15) is 0 Å². The van der Waals surface area contributed by atoms with Crippen LogP contribution in [0.5, 0.6) is 0 Å². The first-order chi connectivity index (χ1) is 16.0. The smallest absolute Gasteiger partial charge is 0.187 e. The van der Waals surface area contributed by atoms with Gasteiger partial charge in [0.15, 0.2) is 18.9 Å². The fourth-order valence-electron chi connectivity index (χ4n) is 4.02. The fraction of sp³-hybridized carbons (Fsp3) is 1.00. The minimum Gasteiger partial charge on any atom is -0.394 e. The van der Waals surface area contributed by atoms with Crippen molar-refractivity contribution in [2.24, 2.45) is 0 Å². The molecule has 16 nitrogen and oxygen atoms in total. The lowest BCUT2D eigenvalue weighted by atomic mass is 9.96. The van der Waals surface area contributed by atoms with Crippen molar-refractivity contribution in [2.45, 2.75) is 92.1 Å². The Morgan fingerprint density at radius 1 is 0.441 bits per heavy atom. The van der Waals surface area contributed by atoms with Crippen molar-refractivity contribution in [3.05, 3.63) is 0 Å². The number of aliphatic hydroxyl groups excluding tert-OH is 11. The van der Waals surface area contributed by atoms with Crippen LogP contribution in [0.2, 0.25) is 0 Å². The highest BCUT2D eigenvalue weighted by molar-refractivity contribution is 4.95. The Morgan fingerprint density at radius 3 is 1.38 bits per heavy atom. The molecule has 0 aliphatic carbocycles. The van der Waals surface area contributed by atoms with Gasteiger partial charge in [-0.25, -0.2) is 0 Å². The first-order valence-corrected chi connectivity index (χ1v) is 10.6. The summed E-state index contributed by atoms with van der Waals surface area (Å²) in [4.78, 5) is 0. The normalized spacial score (nSPS) is 52.5. The Labute approximate surface area is 192 Å². The van der Waals surface area contributed by atoms with E-state index in [9.17, 15) is 56.2 Å². The lowest BCUT2D eigenvalue weighted by Crippen LogP contribution is -2.66. The van der Waals surface area contributed by atoms with Gasteiger partial charge in [0.25, 0.3) is 0 Å². The monoisotopic (exact) mass is 504 g/mol. The SMILES string of the molecule is OC[C@@H]1O[C@@H](O[C@H]2[C@H](O[C@@H]3[C@H](O)[C@@H](O)[C@H](CO)O[C@H]3O)O[C@@H](CO)[C@H](O)[C@H]2O)[C@H](O)[C@H](O)[C@H]1O. The van der Waals surface area contributed by atoms with Crippen LogP contribution in [-0.2, 0) is 23.7 Å². The van der Waals surface area contributed by atoms with Gasteiger partial charge in [-0.2, -0.15) is 0 Å². The van der Waals surface area contributed by atoms with Crippen molar-refractivity contribution in [2.75, 3.05) is 19.8 Å². The molecule has 0 amide bonds. The van der Waals surface area contributed by atoms with Gasteiger partial charge in [0, 0.05) is 0 Å². The minimum absolute atomic E-state index is 0.734. The van der Waals surface area contributed by atoms with E-state index in [1.54, 1.807) is 0 Å². The number of rotatable bonds is 7. The van der Waals surface area contributed by atoms with E-state index in [1.807, 2.05) is 0 Å². The third-order valence-electron chi connectivity index (χ3n) is 6.10. The van der Waals surface area contributed by atoms with E-state index in [0.717, 1.165) is 0 Å². The summed E-state index contributed by atoms with van der Waals surface area (Å²) in [6.45, 7) is -2.31. The van der Waals surface area contributed by atoms with Crippen molar-refractivity contribution in [1.29, 1.82) is 0 Å². The van der Waals surface area contributed by atoms with Gasteiger partial charge < -0.3 is 79.9 Å². The zero-order valence-electron chi connectivity index (χ0n) is 17.7. The van der Waals surface area contributed by atoms with E-state index < -0.39 is 112 Å². The predicted molar refractivity (Wildman–Crippen MR) is 101 cm³/mol. The van der Waals surface area contributed by atoms with Crippen molar-refractivity contribution < 1.29 is 79.9 Å². The van der Waals surface area contributed by atoms with E-state index in [1.165, 1.54) is 0 Å². The molecule has 3 heterocycles. The van der Waals surface area contributed by atoms with Crippen molar-refractivity contribution in [1.82, 2.24) is 0 Å². The topological polar surface area (TPSA) is 269 Å². The Balaban J connectivity index is 1.82. The summed E-state index contributed by atoms with van der Waals surface area (Å²) in [5, 5.41) is 109. The minimum atomic E-state index is -1.90. The van der Waals surface area contributed by atoms with Gasteiger partial charge in [-0.1, -0.05) is 0 Å². The number of aliphatic hydroxyl groups is 11. The Morgan fingerprint density at radius 2 is 0.853 bits per heavy atom. The Hall–Kier alpha value is -0.640. The summed E-state index contributed by atoms with van der Waals surface area (Å²) in [5.41, 5.74) is 0. The first-order valence-electron chi connectivity index (χ1n) is 10.6. The van der Waals surface area contributed by atoms with Gasteiger partial charge in [0.2, 0.25) is 0 Å². The lowest BCUT2D eigenvalue weighted by molar-refractivity contribution is -0.391. The van der Waals surface area contributed by atoms with E-state index in [4.69, 9.17) is 23.7 Å². The first kappa shape index (κ1) is 27.9.